The zero-order valence-electron chi connectivity index (χ0n) is 16.5. The van der Waals surface area contributed by atoms with Gasteiger partial charge in [0.15, 0.2) is 0 Å². The Labute approximate surface area is 180 Å². The van der Waals surface area contributed by atoms with Gasteiger partial charge in [0.1, 0.15) is 18.5 Å². The maximum absolute atomic E-state index is 12.7. The van der Waals surface area contributed by atoms with Gasteiger partial charge in [0, 0.05) is 0 Å². The van der Waals surface area contributed by atoms with Gasteiger partial charge in [0.25, 0.3) is 10.1 Å². The number of benzene rings is 1. The summed E-state index contributed by atoms with van der Waals surface area (Å²) in [4.78, 5) is 24.7. The third-order valence-electron chi connectivity index (χ3n) is 4.75. The molecule has 0 saturated carbocycles. The highest BCUT2D eigenvalue weighted by atomic mass is 32.2. The molecule has 0 bridgehead atoms. The molecule has 1 aromatic carbocycles. The lowest BCUT2D eigenvalue weighted by molar-refractivity contribution is -0.146. The van der Waals surface area contributed by atoms with E-state index in [-0.39, 0.29) is 19.0 Å². The zero-order chi connectivity index (χ0) is 22.3. The van der Waals surface area contributed by atoms with E-state index in [1.807, 2.05) is 6.07 Å². The van der Waals surface area contributed by atoms with E-state index in [0.717, 1.165) is 11.1 Å². The van der Waals surface area contributed by atoms with E-state index in [1.54, 1.807) is 18.2 Å². The summed E-state index contributed by atoms with van der Waals surface area (Å²) in [5.41, 5.74) is 2.41. The minimum absolute atomic E-state index is 0.125. The Balaban J connectivity index is 2.01. The van der Waals surface area contributed by atoms with E-state index in [0.29, 0.717) is 24.0 Å². The molecule has 2 rings (SSSR count). The van der Waals surface area contributed by atoms with Gasteiger partial charge in [-0.3, -0.25) is 9.35 Å². The average molecular weight is 426 g/mol. The Morgan fingerprint density at radius 2 is 1.80 bits per heavy atom. The van der Waals surface area contributed by atoms with Crippen molar-refractivity contribution in [1.82, 2.24) is 0 Å². The third kappa shape index (κ3) is 6.77. The fourth-order valence-corrected chi connectivity index (χ4v) is 3.46. The van der Waals surface area contributed by atoms with Crippen LogP contribution in [0.5, 0.6) is 0 Å². The fourth-order valence-electron chi connectivity index (χ4n) is 3.17. The molecule has 7 nitrogen and oxygen atoms in total. The first-order valence-corrected chi connectivity index (χ1v) is 11.0. The van der Waals surface area contributed by atoms with Gasteiger partial charge in [0.2, 0.25) is 0 Å². The van der Waals surface area contributed by atoms with Crippen LogP contribution in [-0.2, 0) is 43.3 Å². The Morgan fingerprint density at radius 3 is 2.33 bits per heavy atom. The summed E-state index contributed by atoms with van der Waals surface area (Å²) in [6.45, 7) is -0.427. The molecular weight excluding hydrogens is 405 g/mol. The van der Waals surface area contributed by atoms with E-state index >= 15 is 0 Å². The zero-order valence-corrected chi connectivity index (χ0v) is 17.3. The van der Waals surface area contributed by atoms with E-state index in [9.17, 15) is 18.0 Å². The van der Waals surface area contributed by atoms with Crippen LogP contribution in [0.2, 0.25) is 0 Å². The van der Waals surface area contributed by atoms with E-state index in [2.05, 4.69) is 0 Å². The number of hydrogen-bond donors (Lipinski definition) is 1. The fraction of sp³-hybridized carbons (Fsp3) is 0.474. The standard InChI is InChI=1S/C19H21B3O7S/c20-9-12-7-14(10-21)17(11-22)16(8-12)19(24)29-15-3-1-13(2-4-15)18(23)28-5-6-30(25,26)27/h1,3,7-8,13,15H,2,4-6,9-11H2,(H,25,26,27). The number of esters is 2. The number of carbonyl (C=O) groups is 2. The molecule has 2 atom stereocenters. The topological polar surface area (TPSA) is 107 Å². The van der Waals surface area contributed by atoms with E-state index < -0.39 is 46.4 Å². The van der Waals surface area contributed by atoms with Crippen molar-refractivity contribution in [2.24, 2.45) is 5.92 Å². The maximum atomic E-state index is 12.7. The van der Waals surface area contributed by atoms with Crippen molar-refractivity contribution in [2.75, 3.05) is 12.4 Å². The highest BCUT2D eigenvalue weighted by Gasteiger charge is 2.26. The minimum atomic E-state index is -4.19. The molecule has 30 heavy (non-hydrogen) atoms. The van der Waals surface area contributed by atoms with Crippen molar-refractivity contribution in [3.8, 4) is 0 Å². The molecule has 1 aromatic rings. The van der Waals surface area contributed by atoms with Crippen molar-refractivity contribution in [3.63, 3.8) is 0 Å². The van der Waals surface area contributed by atoms with Crippen LogP contribution in [0.4, 0.5) is 0 Å². The first kappa shape index (κ1) is 24.3. The van der Waals surface area contributed by atoms with Gasteiger partial charge in [-0.2, -0.15) is 8.42 Å². The molecule has 0 fully saturated rings. The molecule has 0 aromatic heterocycles. The summed E-state index contributed by atoms with van der Waals surface area (Å²) in [6.07, 6.45) is 3.94. The maximum Gasteiger partial charge on any atom is 0.338 e. The van der Waals surface area contributed by atoms with Crippen molar-refractivity contribution in [2.45, 2.75) is 37.9 Å². The van der Waals surface area contributed by atoms with Crippen LogP contribution in [0.1, 0.15) is 39.9 Å². The molecular formula is C19H21B3O7S. The molecule has 11 heteroatoms. The van der Waals surface area contributed by atoms with Gasteiger partial charge in [-0.05, 0) is 30.5 Å². The van der Waals surface area contributed by atoms with Crippen LogP contribution in [-0.4, -0.2) is 66.9 Å². The first-order chi connectivity index (χ1) is 14.2. The third-order valence-corrected chi connectivity index (χ3v) is 5.43. The Morgan fingerprint density at radius 1 is 1.07 bits per heavy atom. The van der Waals surface area contributed by atoms with E-state index in [1.165, 1.54) is 0 Å². The predicted molar refractivity (Wildman–Crippen MR) is 113 cm³/mol. The SMILES string of the molecule is [B]Cc1cc(C[B])c(C[B])c(C(=O)OC2C=CC(C(=O)OCCS(=O)(=O)O)CC2)c1. The van der Waals surface area contributed by atoms with E-state index in [4.69, 9.17) is 37.6 Å². The summed E-state index contributed by atoms with van der Waals surface area (Å²) in [5, 5.41) is 0. The summed E-state index contributed by atoms with van der Waals surface area (Å²) in [6, 6.07) is 3.46. The monoisotopic (exact) mass is 426 g/mol. The summed E-state index contributed by atoms with van der Waals surface area (Å²) >= 11 is 0. The number of hydrogen-bond acceptors (Lipinski definition) is 6. The molecule has 1 N–H and O–H groups in total. The van der Waals surface area contributed by atoms with Crippen molar-refractivity contribution in [3.05, 3.63) is 46.5 Å². The second-order valence-corrected chi connectivity index (χ2v) is 8.43. The Kier molecular flexibility index (Phi) is 8.79. The van der Waals surface area contributed by atoms with Crippen LogP contribution in [0.3, 0.4) is 0 Å². The first-order valence-electron chi connectivity index (χ1n) is 9.44. The van der Waals surface area contributed by atoms with Crippen LogP contribution in [0, 0.1) is 5.92 Å². The van der Waals surface area contributed by atoms with Crippen LogP contribution >= 0.6 is 0 Å². The predicted octanol–water partition coefficient (Wildman–Crippen LogP) is 0.615. The highest BCUT2D eigenvalue weighted by Crippen LogP contribution is 2.24. The molecule has 0 saturated heterocycles. The summed E-state index contributed by atoms with van der Waals surface area (Å²) in [5.74, 6) is -2.39. The molecule has 0 amide bonds. The Hall–Kier alpha value is -2.00. The molecule has 0 aliphatic heterocycles. The van der Waals surface area contributed by atoms with Crippen molar-refractivity contribution >= 4 is 45.6 Å². The molecule has 154 valence electrons. The number of rotatable bonds is 9. The van der Waals surface area contributed by atoms with Crippen LogP contribution < -0.4 is 0 Å². The molecule has 0 spiro atoms. The quantitative estimate of drug-likeness (QED) is 0.267. The normalized spacial score (nSPS) is 18.7. The molecule has 0 heterocycles. The van der Waals surface area contributed by atoms with Gasteiger partial charge in [-0.25, -0.2) is 4.79 Å². The van der Waals surface area contributed by atoms with Gasteiger partial charge in [-0.15, -0.1) is 0 Å². The lowest BCUT2D eigenvalue weighted by atomic mass is 9.81. The average Bonchev–Trinajstić information content (AvgIpc) is 2.72. The highest BCUT2D eigenvalue weighted by molar-refractivity contribution is 7.85. The largest absolute Gasteiger partial charge is 0.464 e. The lowest BCUT2D eigenvalue weighted by Crippen LogP contribution is -2.26. The van der Waals surface area contributed by atoms with Crippen LogP contribution in [0.15, 0.2) is 24.3 Å². The Bertz CT molecular complexity index is 915. The van der Waals surface area contributed by atoms with Gasteiger partial charge in [0.05, 0.1) is 35.0 Å². The van der Waals surface area contributed by atoms with Crippen molar-refractivity contribution in [1.29, 1.82) is 0 Å². The lowest BCUT2D eigenvalue weighted by Gasteiger charge is -2.23. The van der Waals surface area contributed by atoms with Gasteiger partial charge >= 0.3 is 11.9 Å². The second kappa shape index (κ2) is 10.9. The number of carbonyl (C=O) groups excluding carboxylic acids is 2. The van der Waals surface area contributed by atoms with Gasteiger partial charge < -0.3 is 9.47 Å². The molecule has 1 aliphatic carbocycles. The molecule has 1 aliphatic rings. The molecule has 6 radical (unpaired) electrons. The van der Waals surface area contributed by atoms with Gasteiger partial charge in [-0.1, -0.05) is 42.2 Å². The molecule has 2 unspecified atom stereocenters. The minimum Gasteiger partial charge on any atom is -0.464 e. The van der Waals surface area contributed by atoms with Crippen LogP contribution in [0.25, 0.3) is 0 Å². The summed E-state index contributed by atoms with van der Waals surface area (Å²) < 4.78 is 40.4. The summed E-state index contributed by atoms with van der Waals surface area (Å²) in [7, 11) is 13.1. The van der Waals surface area contributed by atoms with Crippen molar-refractivity contribution < 1.29 is 32.0 Å². The smallest absolute Gasteiger partial charge is 0.338 e. The second-order valence-electron chi connectivity index (χ2n) is 6.86. The number of ether oxygens (including phenoxy) is 2.